The van der Waals surface area contributed by atoms with Gasteiger partial charge in [0.15, 0.2) is 0 Å². The molecule has 0 saturated heterocycles. The molecule has 0 saturated carbocycles. The van der Waals surface area contributed by atoms with Gasteiger partial charge >= 0.3 is 6.18 Å². The van der Waals surface area contributed by atoms with E-state index in [-0.39, 0.29) is 17.0 Å². The maximum atomic E-state index is 13.2. The molecule has 0 unspecified atom stereocenters. The lowest BCUT2D eigenvalue weighted by Gasteiger charge is -2.11. The van der Waals surface area contributed by atoms with E-state index in [4.69, 9.17) is 4.74 Å². The van der Waals surface area contributed by atoms with Crippen molar-refractivity contribution in [2.75, 3.05) is 7.11 Å². The van der Waals surface area contributed by atoms with Gasteiger partial charge < -0.3 is 4.74 Å². The Labute approximate surface area is 106 Å². The van der Waals surface area contributed by atoms with Crippen LogP contribution >= 0.6 is 0 Å². The number of hydrogen-bond acceptors (Lipinski definition) is 2. The first-order valence-electron chi connectivity index (χ1n) is 5.29. The molecule has 0 atom stereocenters. The number of nitrogens with zero attached hydrogens (tertiary/aromatic N) is 1. The topological polar surface area (TPSA) is 22.1 Å². The van der Waals surface area contributed by atoms with Gasteiger partial charge in [0.2, 0.25) is 5.88 Å². The number of methoxy groups -OCH3 is 1. The minimum absolute atomic E-state index is 0.0701. The molecular formula is C13H9F4NO. The van der Waals surface area contributed by atoms with Crippen LogP contribution in [-0.4, -0.2) is 12.1 Å². The van der Waals surface area contributed by atoms with E-state index < -0.39 is 17.6 Å². The van der Waals surface area contributed by atoms with Crippen molar-refractivity contribution in [3.05, 3.63) is 47.9 Å². The first-order valence-corrected chi connectivity index (χ1v) is 5.29. The van der Waals surface area contributed by atoms with Gasteiger partial charge in [-0.05, 0) is 23.8 Å². The van der Waals surface area contributed by atoms with Crippen LogP contribution in [0.25, 0.3) is 11.1 Å². The molecule has 0 aliphatic rings. The fourth-order valence-electron chi connectivity index (χ4n) is 1.66. The fourth-order valence-corrected chi connectivity index (χ4v) is 1.66. The Hall–Kier alpha value is -2.11. The van der Waals surface area contributed by atoms with Crippen LogP contribution in [0.2, 0.25) is 0 Å². The Bertz CT molecular complexity index is 595. The first-order chi connectivity index (χ1) is 8.91. The summed E-state index contributed by atoms with van der Waals surface area (Å²) in [5, 5.41) is 0. The number of rotatable bonds is 2. The van der Waals surface area contributed by atoms with Crippen LogP contribution in [0.5, 0.6) is 5.88 Å². The molecule has 100 valence electrons. The summed E-state index contributed by atoms with van der Waals surface area (Å²) in [6.07, 6.45) is -3.51. The summed E-state index contributed by atoms with van der Waals surface area (Å²) in [6, 6.07) is 5.65. The van der Waals surface area contributed by atoms with Crippen LogP contribution in [0.4, 0.5) is 17.6 Å². The van der Waals surface area contributed by atoms with Gasteiger partial charge in [0.05, 0.1) is 18.9 Å². The van der Waals surface area contributed by atoms with Gasteiger partial charge in [0.25, 0.3) is 0 Å². The quantitative estimate of drug-likeness (QED) is 0.772. The third-order valence-electron chi connectivity index (χ3n) is 2.51. The molecule has 0 aliphatic carbocycles. The van der Waals surface area contributed by atoms with E-state index in [2.05, 4.69) is 4.98 Å². The van der Waals surface area contributed by atoms with E-state index in [1.54, 1.807) is 0 Å². The molecular weight excluding hydrogens is 262 g/mol. The molecule has 2 rings (SSSR count). The number of alkyl halides is 3. The highest BCUT2D eigenvalue weighted by molar-refractivity contribution is 5.69. The molecule has 19 heavy (non-hydrogen) atoms. The van der Waals surface area contributed by atoms with E-state index in [1.165, 1.54) is 19.2 Å². The molecule has 2 aromatic rings. The lowest BCUT2D eigenvalue weighted by atomic mass is 10.0. The van der Waals surface area contributed by atoms with Crippen molar-refractivity contribution in [1.29, 1.82) is 0 Å². The van der Waals surface area contributed by atoms with Gasteiger partial charge in [-0.25, -0.2) is 9.37 Å². The maximum Gasteiger partial charge on any atom is 0.416 e. The van der Waals surface area contributed by atoms with Crippen LogP contribution < -0.4 is 4.74 Å². The molecule has 0 bridgehead atoms. The summed E-state index contributed by atoms with van der Waals surface area (Å²) >= 11 is 0. The zero-order valence-corrected chi connectivity index (χ0v) is 9.83. The van der Waals surface area contributed by atoms with Gasteiger partial charge in [-0.2, -0.15) is 13.2 Å². The van der Waals surface area contributed by atoms with E-state index in [1.807, 2.05) is 0 Å². The lowest BCUT2D eigenvalue weighted by molar-refractivity contribution is -0.137. The highest BCUT2D eigenvalue weighted by Gasteiger charge is 2.30. The molecule has 1 aromatic heterocycles. The summed E-state index contributed by atoms with van der Waals surface area (Å²) in [7, 11) is 1.32. The van der Waals surface area contributed by atoms with E-state index >= 15 is 0 Å². The Morgan fingerprint density at radius 3 is 2.53 bits per heavy atom. The van der Waals surface area contributed by atoms with Crippen molar-refractivity contribution in [1.82, 2.24) is 4.98 Å². The van der Waals surface area contributed by atoms with Gasteiger partial charge in [0, 0.05) is 5.56 Å². The summed E-state index contributed by atoms with van der Waals surface area (Å²) in [5.41, 5.74) is -0.441. The molecule has 0 amide bonds. The SMILES string of the molecule is COc1ncc(F)cc1-c1cccc(C(F)(F)F)c1. The molecule has 0 spiro atoms. The molecule has 1 heterocycles. The van der Waals surface area contributed by atoms with Crippen molar-refractivity contribution in [3.63, 3.8) is 0 Å². The Morgan fingerprint density at radius 1 is 1.16 bits per heavy atom. The Morgan fingerprint density at radius 2 is 1.89 bits per heavy atom. The van der Waals surface area contributed by atoms with Crippen LogP contribution in [0.3, 0.4) is 0 Å². The molecule has 0 aliphatic heterocycles. The van der Waals surface area contributed by atoms with E-state index in [0.717, 1.165) is 24.4 Å². The van der Waals surface area contributed by atoms with Crippen molar-refractivity contribution < 1.29 is 22.3 Å². The number of ether oxygens (including phenoxy) is 1. The number of benzene rings is 1. The van der Waals surface area contributed by atoms with Gasteiger partial charge in [-0.1, -0.05) is 12.1 Å². The number of aromatic nitrogens is 1. The Balaban J connectivity index is 2.56. The van der Waals surface area contributed by atoms with E-state index in [9.17, 15) is 17.6 Å². The average Bonchev–Trinajstić information content (AvgIpc) is 2.38. The van der Waals surface area contributed by atoms with Crippen molar-refractivity contribution in [3.8, 4) is 17.0 Å². The third kappa shape index (κ3) is 2.83. The third-order valence-corrected chi connectivity index (χ3v) is 2.51. The minimum atomic E-state index is -4.45. The molecule has 0 radical (unpaired) electrons. The normalized spacial score (nSPS) is 11.4. The van der Waals surface area contributed by atoms with Gasteiger partial charge in [-0.3, -0.25) is 0 Å². The zero-order valence-electron chi connectivity index (χ0n) is 9.83. The monoisotopic (exact) mass is 271 g/mol. The number of hydrogen-bond donors (Lipinski definition) is 0. The maximum absolute atomic E-state index is 13.2. The molecule has 0 N–H and O–H groups in total. The van der Waals surface area contributed by atoms with Crippen molar-refractivity contribution >= 4 is 0 Å². The minimum Gasteiger partial charge on any atom is -0.481 e. The van der Waals surface area contributed by atoms with Gasteiger partial charge in [-0.15, -0.1) is 0 Å². The second kappa shape index (κ2) is 4.87. The summed E-state index contributed by atoms with van der Waals surface area (Å²) in [5.74, 6) is -0.575. The van der Waals surface area contributed by atoms with Crippen LogP contribution in [0, 0.1) is 5.82 Å². The number of pyridine rings is 1. The second-order valence-electron chi connectivity index (χ2n) is 3.79. The zero-order chi connectivity index (χ0) is 14.0. The van der Waals surface area contributed by atoms with Gasteiger partial charge in [0.1, 0.15) is 5.82 Å². The smallest absolute Gasteiger partial charge is 0.416 e. The lowest BCUT2D eigenvalue weighted by Crippen LogP contribution is -2.04. The summed E-state index contributed by atoms with van der Waals surface area (Å²) in [4.78, 5) is 3.69. The van der Waals surface area contributed by atoms with Crippen molar-refractivity contribution in [2.24, 2.45) is 0 Å². The highest BCUT2D eigenvalue weighted by atomic mass is 19.4. The van der Waals surface area contributed by atoms with Crippen LogP contribution in [0.15, 0.2) is 36.5 Å². The Kier molecular flexibility index (Phi) is 3.42. The predicted octanol–water partition coefficient (Wildman–Crippen LogP) is 3.92. The summed E-state index contributed by atoms with van der Waals surface area (Å²) < 4.78 is 56.0. The van der Waals surface area contributed by atoms with Crippen molar-refractivity contribution in [2.45, 2.75) is 6.18 Å². The van der Waals surface area contributed by atoms with E-state index in [0.29, 0.717) is 0 Å². The standard InChI is InChI=1S/C13H9F4NO/c1-19-12-11(6-10(14)7-18-12)8-3-2-4-9(5-8)13(15,16)17/h2-7H,1H3. The first kappa shape index (κ1) is 13.3. The molecule has 2 nitrogen and oxygen atoms in total. The fraction of sp³-hybridized carbons (Fsp3) is 0.154. The van der Waals surface area contributed by atoms with Crippen LogP contribution in [0.1, 0.15) is 5.56 Å². The van der Waals surface area contributed by atoms with Crippen LogP contribution in [-0.2, 0) is 6.18 Å². The predicted molar refractivity (Wildman–Crippen MR) is 61.2 cm³/mol. The molecule has 1 aromatic carbocycles. The average molecular weight is 271 g/mol. The second-order valence-corrected chi connectivity index (χ2v) is 3.79. The largest absolute Gasteiger partial charge is 0.481 e. The molecule has 0 fully saturated rings. The summed E-state index contributed by atoms with van der Waals surface area (Å²) in [6.45, 7) is 0. The highest BCUT2D eigenvalue weighted by Crippen LogP contribution is 2.34. The number of halogens is 4. The molecule has 6 heteroatoms.